The maximum Gasteiger partial charge on any atom is 0.251 e. The Morgan fingerprint density at radius 1 is 1.50 bits per heavy atom. The van der Waals surface area contributed by atoms with Crippen molar-refractivity contribution < 1.29 is 14.6 Å². The zero-order chi connectivity index (χ0) is 17.1. The van der Waals surface area contributed by atoms with Crippen molar-refractivity contribution in [2.24, 2.45) is 13.0 Å². The highest BCUT2D eigenvalue weighted by atomic mass is 79.9. The maximum absolute atomic E-state index is 12.4. The van der Waals surface area contributed by atoms with E-state index in [0.29, 0.717) is 16.6 Å². The van der Waals surface area contributed by atoms with Crippen LogP contribution in [0.15, 0.2) is 34.9 Å². The van der Waals surface area contributed by atoms with Crippen molar-refractivity contribution in [2.75, 3.05) is 13.2 Å². The van der Waals surface area contributed by atoms with Crippen molar-refractivity contribution >= 4 is 21.8 Å². The molecule has 2 atom stereocenters. The monoisotopic (exact) mass is 393 g/mol. The smallest absolute Gasteiger partial charge is 0.251 e. The van der Waals surface area contributed by atoms with Crippen LogP contribution in [-0.2, 0) is 11.8 Å². The van der Waals surface area contributed by atoms with Crippen molar-refractivity contribution in [3.05, 3.63) is 46.2 Å². The van der Waals surface area contributed by atoms with E-state index in [9.17, 15) is 9.90 Å². The maximum atomic E-state index is 12.4. The van der Waals surface area contributed by atoms with Crippen LogP contribution in [-0.4, -0.2) is 33.9 Å². The molecule has 3 rings (SSSR count). The molecule has 1 aliphatic rings. The molecule has 1 saturated heterocycles. The summed E-state index contributed by atoms with van der Waals surface area (Å²) in [4.78, 5) is 12.4. The van der Waals surface area contributed by atoms with Crippen LogP contribution in [0.3, 0.4) is 0 Å². The van der Waals surface area contributed by atoms with E-state index < -0.39 is 0 Å². The molecule has 1 aromatic heterocycles. The Bertz CT molecular complexity index is 711. The topological polar surface area (TPSA) is 76.4 Å². The summed E-state index contributed by atoms with van der Waals surface area (Å²) in [5.74, 6) is 0.0445. The minimum Gasteiger partial charge on any atom is -0.508 e. The average molecular weight is 394 g/mol. The molecular weight excluding hydrogens is 374 g/mol. The summed E-state index contributed by atoms with van der Waals surface area (Å²) in [6, 6.07) is 6.64. The van der Waals surface area contributed by atoms with E-state index in [4.69, 9.17) is 4.74 Å². The van der Waals surface area contributed by atoms with Gasteiger partial charge in [-0.2, -0.15) is 5.10 Å². The first-order valence-corrected chi connectivity index (χ1v) is 8.71. The van der Waals surface area contributed by atoms with E-state index in [2.05, 4.69) is 26.3 Å². The number of carbonyl (C=O) groups is 1. The van der Waals surface area contributed by atoms with Crippen molar-refractivity contribution in [1.82, 2.24) is 15.1 Å². The van der Waals surface area contributed by atoms with Gasteiger partial charge in [-0.15, -0.1) is 0 Å². The highest BCUT2D eigenvalue weighted by Crippen LogP contribution is 2.33. The highest BCUT2D eigenvalue weighted by Gasteiger charge is 2.29. The van der Waals surface area contributed by atoms with Gasteiger partial charge in [0.05, 0.1) is 5.69 Å². The van der Waals surface area contributed by atoms with Crippen molar-refractivity contribution in [1.29, 1.82) is 0 Å². The lowest BCUT2D eigenvalue weighted by atomic mass is 9.92. The predicted molar refractivity (Wildman–Crippen MR) is 92.8 cm³/mol. The molecule has 1 fully saturated rings. The lowest BCUT2D eigenvalue weighted by molar-refractivity contribution is -0.0317. The number of amides is 1. The molecule has 2 N–H and O–H groups in total. The number of ether oxygens (including phenoxy) is 1. The minimum atomic E-state index is -0.207. The number of aromatic hydroxyl groups is 1. The summed E-state index contributed by atoms with van der Waals surface area (Å²) < 4.78 is 8.42. The molecule has 0 bridgehead atoms. The van der Waals surface area contributed by atoms with E-state index in [1.807, 2.05) is 17.8 Å². The molecule has 128 valence electrons. The lowest BCUT2D eigenvalue weighted by Gasteiger charge is -2.32. The summed E-state index contributed by atoms with van der Waals surface area (Å²) in [5, 5.41) is 16.8. The van der Waals surface area contributed by atoms with E-state index >= 15 is 0 Å². The number of halogens is 1. The van der Waals surface area contributed by atoms with Gasteiger partial charge in [-0.1, -0.05) is 15.9 Å². The fourth-order valence-electron chi connectivity index (χ4n) is 3.07. The molecule has 1 aromatic carbocycles. The third-order valence-electron chi connectivity index (χ3n) is 4.26. The van der Waals surface area contributed by atoms with Crippen LogP contribution in [0.2, 0.25) is 0 Å². The largest absolute Gasteiger partial charge is 0.508 e. The van der Waals surface area contributed by atoms with Crippen molar-refractivity contribution in [3.8, 4) is 5.75 Å². The van der Waals surface area contributed by atoms with Crippen LogP contribution in [0.1, 0.15) is 35.0 Å². The number of nitrogens with zero attached hydrogens (tertiary/aromatic N) is 2. The standard InChI is InChI=1S/C17H20BrN3O3/c1-21-15(4-5-20-21)16-11(3-2-6-24-16)10-19-17(23)12-7-13(18)9-14(22)8-12/h4-5,7-9,11,16,22H,2-3,6,10H2,1H3,(H,19,23)/t11-,16+/m0/s1. The zero-order valence-corrected chi connectivity index (χ0v) is 15.0. The number of hydrogen-bond acceptors (Lipinski definition) is 4. The molecule has 2 aromatic rings. The number of carbonyl (C=O) groups excluding carboxylic acids is 1. The van der Waals surface area contributed by atoms with Gasteiger partial charge >= 0.3 is 0 Å². The van der Waals surface area contributed by atoms with Crippen molar-refractivity contribution in [3.63, 3.8) is 0 Å². The van der Waals surface area contributed by atoms with E-state index in [0.717, 1.165) is 25.1 Å². The highest BCUT2D eigenvalue weighted by molar-refractivity contribution is 9.10. The summed E-state index contributed by atoms with van der Waals surface area (Å²) in [7, 11) is 1.90. The molecule has 1 amide bonds. The van der Waals surface area contributed by atoms with Gasteiger partial charge in [0.1, 0.15) is 11.9 Å². The first-order valence-electron chi connectivity index (χ1n) is 7.92. The molecule has 0 unspecified atom stereocenters. The van der Waals surface area contributed by atoms with Gasteiger partial charge in [0.25, 0.3) is 5.91 Å². The molecule has 1 aliphatic heterocycles. The minimum absolute atomic E-state index is 0.0586. The average Bonchev–Trinajstić information content (AvgIpc) is 2.98. The van der Waals surface area contributed by atoms with Gasteiger partial charge in [-0.05, 0) is 37.1 Å². The Hall–Kier alpha value is -1.86. The Morgan fingerprint density at radius 3 is 3.04 bits per heavy atom. The van der Waals surface area contributed by atoms with Crippen LogP contribution < -0.4 is 5.32 Å². The van der Waals surface area contributed by atoms with E-state index in [-0.39, 0.29) is 23.7 Å². The quantitative estimate of drug-likeness (QED) is 0.836. The number of phenolic OH excluding ortho intramolecular Hbond substituents is 1. The second-order valence-corrected chi connectivity index (χ2v) is 6.90. The molecule has 0 spiro atoms. The second kappa shape index (κ2) is 7.36. The van der Waals surface area contributed by atoms with Gasteiger partial charge in [0, 0.05) is 42.4 Å². The number of benzene rings is 1. The SMILES string of the molecule is Cn1nccc1[C@@H]1OCCC[C@H]1CNC(=O)c1cc(O)cc(Br)c1. The van der Waals surface area contributed by atoms with Crippen molar-refractivity contribution in [2.45, 2.75) is 18.9 Å². The predicted octanol–water partition coefficient (Wildman–Crippen LogP) is 2.79. The number of hydrogen-bond donors (Lipinski definition) is 2. The summed E-state index contributed by atoms with van der Waals surface area (Å²) in [6.07, 6.45) is 3.65. The third kappa shape index (κ3) is 3.79. The first kappa shape index (κ1) is 17.0. The van der Waals surface area contributed by atoms with Crippen LogP contribution in [0.4, 0.5) is 0 Å². The molecule has 0 aliphatic carbocycles. The van der Waals surface area contributed by atoms with Crippen LogP contribution in [0, 0.1) is 5.92 Å². The van der Waals surface area contributed by atoms with Gasteiger partial charge < -0.3 is 15.2 Å². The van der Waals surface area contributed by atoms with Gasteiger partial charge in [0.2, 0.25) is 0 Å². The number of rotatable bonds is 4. The molecular formula is C17H20BrN3O3. The Morgan fingerprint density at radius 2 is 2.33 bits per heavy atom. The van der Waals surface area contributed by atoms with Crippen LogP contribution >= 0.6 is 15.9 Å². The molecule has 6 nitrogen and oxygen atoms in total. The van der Waals surface area contributed by atoms with E-state index in [1.54, 1.807) is 18.3 Å². The number of nitrogens with one attached hydrogen (secondary N) is 1. The van der Waals surface area contributed by atoms with Gasteiger partial charge in [-0.25, -0.2) is 0 Å². The normalized spacial score (nSPS) is 20.8. The number of aryl methyl sites for hydroxylation is 1. The van der Waals surface area contributed by atoms with Crippen LogP contribution in [0.25, 0.3) is 0 Å². The molecule has 0 radical (unpaired) electrons. The van der Waals surface area contributed by atoms with Crippen LogP contribution in [0.5, 0.6) is 5.75 Å². The Balaban J connectivity index is 1.67. The summed E-state index contributed by atoms with van der Waals surface area (Å²) >= 11 is 3.28. The first-order chi connectivity index (χ1) is 11.5. The lowest BCUT2D eigenvalue weighted by Crippen LogP contribution is -2.35. The molecule has 24 heavy (non-hydrogen) atoms. The molecule has 7 heteroatoms. The second-order valence-electron chi connectivity index (χ2n) is 5.98. The van der Waals surface area contributed by atoms with Gasteiger partial charge in [0.15, 0.2) is 0 Å². The van der Waals surface area contributed by atoms with E-state index in [1.165, 1.54) is 6.07 Å². The third-order valence-corrected chi connectivity index (χ3v) is 4.72. The fourth-order valence-corrected chi connectivity index (χ4v) is 3.55. The molecule has 2 heterocycles. The fraction of sp³-hybridized carbons (Fsp3) is 0.412. The van der Waals surface area contributed by atoms with Gasteiger partial charge in [-0.3, -0.25) is 9.48 Å². The summed E-state index contributed by atoms with van der Waals surface area (Å²) in [6.45, 7) is 1.24. The Labute approximate surface area is 148 Å². The number of aromatic nitrogens is 2. The zero-order valence-electron chi connectivity index (χ0n) is 13.4. The summed E-state index contributed by atoms with van der Waals surface area (Å²) in [5.41, 5.74) is 1.45. The number of phenols is 1. The Kier molecular flexibility index (Phi) is 5.20. The molecule has 0 saturated carbocycles.